The number of rotatable bonds is 9. The third-order valence-electron chi connectivity index (χ3n) is 7.18. The van der Waals surface area contributed by atoms with E-state index < -0.39 is 5.91 Å². The van der Waals surface area contributed by atoms with Crippen molar-refractivity contribution in [3.63, 3.8) is 0 Å². The molecule has 3 heterocycles. The largest absolute Gasteiger partial charge is 0.486 e. The molecule has 5 rings (SSSR count). The van der Waals surface area contributed by atoms with Gasteiger partial charge < -0.3 is 34.7 Å². The van der Waals surface area contributed by atoms with Crippen LogP contribution in [0.4, 0.5) is 0 Å². The van der Waals surface area contributed by atoms with Gasteiger partial charge in [0.05, 0.1) is 17.7 Å². The average molecular weight is 507 g/mol. The van der Waals surface area contributed by atoms with E-state index >= 15 is 0 Å². The summed E-state index contributed by atoms with van der Waals surface area (Å²) in [5, 5.41) is 4.36. The Morgan fingerprint density at radius 1 is 1.03 bits per heavy atom. The van der Waals surface area contributed by atoms with Crippen molar-refractivity contribution in [3.05, 3.63) is 69.5 Å². The number of carbonyl (C=O) groups excluding carboxylic acids is 1. The molecule has 0 aliphatic carbocycles. The van der Waals surface area contributed by atoms with Crippen molar-refractivity contribution in [2.75, 3.05) is 40.0 Å². The number of aromatic nitrogens is 1. The molecule has 0 bridgehead atoms. The number of piperidine rings is 1. The van der Waals surface area contributed by atoms with Gasteiger partial charge in [-0.15, -0.1) is 0 Å². The maximum absolute atomic E-state index is 12.9. The van der Waals surface area contributed by atoms with Crippen LogP contribution in [0.5, 0.6) is 11.5 Å². The molecular weight excluding hydrogens is 472 g/mol. The summed E-state index contributed by atoms with van der Waals surface area (Å²) < 4.78 is 18.3. The van der Waals surface area contributed by atoms with Gasteiger partial charge in [0.15, 0.2) is 11.5 Å². The first kappa shape index (κ1) is 25.3. The number of primary amides is 1. The number of nitrogens with two attached hydrogens (primary N) is 1. The molecule has 9 heteroatoms. The summed E-state index contributed by atoms with van der Waals surface area (Å²) in [6.07, 6.45) is 2.08. The Morgan fingerprint density at radius 2 is 1.78 bits per heavy atom. The second kappa shape index (κ2) is 11.3. The van der Waals surface area contributed by atoms with Crippen molar-refractivity contribution in [2.24, 2.45) is 5.73 Å². The van der Waals surface area contributed by atoms with Gasteiger partial charge in [-0.3, -0.25) is 9.59 Å². The summed E-state index contributed by atoms with van der Waals surface area (Å²) in [6.45, 7) is 5.62. The van der Waals surface area contributed by atoms with E-state index in [9.17, 15) is 9.59 Å². The Morgan fingerprint density at radius 3 is 2.54 bits per heavy atom. The fraction of sp³-hybridized carbons (Fsp3) is 0.429. The third-order valence-corrected chi connectivity index (χ3v) is 7.18. The number of hydrogen-bond donors (Lipinski definition) is 2. The molecule has 0 radical (unpaired) electrons. The minimum absolute atomic E-state index is 0.216. The molecule has 37 heavy (non-hydrogen) atoms. The molecule has 2 aromatic carbocycles. The number of fused-ring (bicyclic) bond motifs is 2. The van der Waals surface area contributed by atoms with E-state index in [1.165, 1.54) is 11.6 Å². The lowest BCUT2D eigenvalue weighted by atomic mass is 10.0. The fourth-order valence-electron chi connectivity index (χ4n) is 5.18. The zero-order chi connectivity index (χ0) is 25.8. The Hall–Kier alpha value is -3.40. The third kappa shape index (κ3) is 5.79. The van der Waals surface area contributed by atoms with Crippen molar-refractivity contribution in [2.45, 2.75) is 38.6 Å². The van der Waals surface area contributed by atoms with Crippen molar-refractivity contribution >= 4 is 16.8 Å². The first-order chi connectivity index (χ1) is 18.0. The maximum atomic E-state index is 12.9. The molecule has 2 aliphatic heterocycles. The summed E-state index contributed by atoms with van der Waals surface area (Å²) in [6, 6.07) is 13.6. The van der Waals surface area contributed by atoms with Crippen LogP contribution in [-0.4, -0.2) is 61.4 Å². The molecule has 0 unspecified atom stereocenters. The molecule has 0 spiro atoms. The minimum atomic E-state index is -0.598. The standard InChI is InChI=1S/C28H34N4O5/c1-35-18-20-2-4-22-23(28(29)34)16-27(33)32(24(22)14-20)11-10-31-8-6-21(7-9-31)30-17-19-3-5-25-26(15-19)37-13-12-36-25/h2-5,14-16,21,30H,6-13,17-18H2,1H3,(H2,29,34). The number of amides is 1. The van der Waals surface area contributed by atoms with Gasteiger partial charge in [0.1, 0.15) is 13.2 Å². The number of nitrogens with one attached hydrogen (secondary N) is 1. The van der Waals surface area contributed by atoms with Gasteiger partial charge in [0, 0.05) is 44.2 Å². The number of hydrogen-bond acceptors (Lipinski definition) is 7. The monoisotopic (exact) mass is 506 g/mol. The van der Waals surface area contributed by atoms with Crippen LogP contribution < -0.4 is 26.1 Å². The van der Waals surface area contributed by atoms with E-state index in [-0.39, 0.29) is 11.1 Å². The lowest BCUT2D eigenvalue weighted by molar-refractivity contribution is 0.100. The SMILES string of the molecule is COCc1ccc2c(C(N)=O)cc(=O)n(CCN3CCC(NCc4ccc5c(c4)OCCO5)CC3)c2c1. The smallest absolute Gasteiger partial charge is 0.251 e. The molecule has 0 saturated carbocycles. The lowest BCUT2D eigenvalue weighted by Crippen LogP contribution is -2.43. The molecule has 1 aromatic heterocycles. The van der Waals surface area contributed by atoms with Gasteiger partial charge in [0.25, 0.3) is 5.56 Å². The van der Waals surface area contributed by atoms with Gasteiger partial charge in [-0.05, 0) is 55.3 Å². The number of carbonyl (C=O) groups is 1. The summed E-state index contributed by atoms with van der Waals surface area (Å²) in [5.74, 6) is 1.04. The van der Waals surface area contributed by atoms with Gasteiger partial charge in [-0.25, -0.2) is 0 Å². The molecular formula is C28H34N4O5. The molecule has 9 nitrogen and oxygen atoms in total. The predicted octanol–water partition coefficient (Wildman–Crippen LogP) is 2.27. The van der Waals surface area contributed by atoms with E-state index in [4.69, 9.17) is 19.9 Å². The molecule has 3 aromatic rings. The lowest BCUT2D eigenvalue weighted by Gasteiger charge is -2.32. The first-order valence-corrected chi connectivity index (χ1v) is 12.8. The van der Waals surface area contributed by atoms with E-state index in [1.54, 1.807) is 11.7 Å². The van der Waals surface area contributed by atoms with E-state index in [0.29, 0.717) is 43.3 Å². The zero-order valence-corrected chi connectivity index (χ0v) is 21.2. The van der Waals surface area contributed by atoms with Crippen LogP contribution in [0.15, 0.2) is 47.3 Å². The minimum Gasteiger partial charge on any atom is -0.486 e. The molecule has 2 aliphatic rings. The van der Waals surface area contributed by atoms with E-state index in [1.807, 2.05) is 24.3 Å². The number of nitrogens with zero attached hydrogens (tertiary/aromatic N) is 2. The Kier molecular flexibility index (Phi) is 7.73. The Balaban J connectivity index is 1.19. The second-order valence-electron chi connectivity index (χ2n) is 9.67. The van der Waals surface area contributed by atoms with Crippen LogP contribution in [0.1, 0.15) is 34.3 Å². The van der Waals surface area contributed by atoms with Crippen molar-refractivity contribution < 1.29 is 19.0 Å². The number of benzene rings is 2. The van der Waals surface area contributed by atoms with Crippen molar-refractivity contribution in [1.29, 1.82) is 0 Å². The fourth-order valence-corrected chi connectivity index (χ4v) is 5.18. The number of likely N-dealkylation sites (tertiary alicyclic amines) is 1. The molecule has 3 N–H and O–H groups in total. The highest BCUT2D eigenvalue weighted by Crippen LogP contribution is 2.30. The quantitative estimate of drug-likeness (QED) is 0.458. The van der Waals surface area contributed by atoms with Crippen molar-refractivity contribution in [3.8, 4) is 11.5 Å². The topological polar surface area (TPSA) is 108 Å². The predicted molar refractivity (Wildman–Crippen MR) is 141 cm³/mol. The molecule has 0 atom stereocenters. The second-order valence-corrected chi connectivity index (χ2v) is 9.67. The highest BCUT2D eigenvalue weighted by Gasteiger charge is 2.20. The van der Waals surface area contributed by atoms with Gasteiger partial charge in [-0.2, -0.15) is 0 Å². The van der Waals surface area contributed by atoms with Gasteiger partial charge in [-0.1, -0.05) is 18.2 Å². The van der Waals surface area contributed by atoms with E-state index in [2.05, 4.69) is 22.3 Å². The highest BCUT2D eigenvalue weighted by atomic mass is 16.6. The Bertz CT molecular complexity index is 1330. The van der Waals surface area contributed by atoms with Crippen LogP contribution >= 0.6 is 0 Å². The summed E-state index contributed by atoms with van der Waals surface area (Å²) in [7, 11) is 1.63. The summed E-state index contributed by atoms with van der Waals surface area (Å²) >= 11 is 0. The first-order valence-electron chi connectivity index (χ1n) is 12.8. The normalized spacial score (nSPS) is 16.2. The van der Waals surface area contributed by atoms with Crippen LogP contribution in [0.3, 0.4) is 0 Å². The Labute approximate surface area is 216 Å². The summed E-state index contributed by atoms with van der Waals surface area (Å²) in [4.78, 5) is 27.3. The van der Waals surface area contributed by atoms with Gasteiger partial charge in [0.2, 0.25) is 5.91 Å². The van der Waals surface area contributed by atoms with Crippen LogP contribution in [0, 0.1) is 0 Å². The zero-order valence-electron chi connectivity index (χ0n) is 21.2. The van der Waals surface area contributed by atoms with Crippen LogP contribution in [0.25, 0.3) is 10.9 Å². The number of pyridine rings is 1. The summed E-state index contributed by atoms with van der Waals surface area (Å²) in [5.41, 5.74) is 8.43. The molecule has 1 saturated heterocycles. The van der Waals surface area contributed by atoms with Gasteiger partial charge >= 0.3 is 0 Å². The molecule has 196 valence electrons. The van der Waals surface area contributed by atoms with E-state index in [0.717, 1.165) is 56.1 Å². The van der Waals surface area contributed by atoms with Crippen molar-refractivity contribution in [1.82, 2.24) is 14.8 Å². The maximum Gasteiger partial charge on any atom is 0.251 e. The average Bonchev–Trinajstić information content (AvgIpc) is 2.91. The highest BCUT2D eigenvalue weighted by molar-refractivity contribution is 6.05. The van der Waals surface area contributed by atoms with Crippen LogP contribution in [-0.2, 0) is 24.4 Å². The number of methoxy groups -OCH3 is 1. The molecule has 1 amide bonds. The number of ether oxygens (including phenoxy) is 3. The van der Waals surface area contributed by atoms with Crippen LogP contribution in [0.2, 0.25) is 0 Å². The molecule has 1 fully saturated rings.